The van der Waals surface area contributed by atoms with Crippen LogP contribution in [0.2, 0.25) is 0 Å². The molecule has 1 aromatic heterocycles. The van der Waals surface area contributed by atoms with Gasteiger partial charge < -0.3 is 0 Å². The van der Waals surface area contributed by atoms with Crippen LogP contribution in [0.1, 0.15) is 21.9 Å². The molecule has 0 fully saturated rings. The highest BCUT2D eigenvalue weighted by atomic mass is 79.9. The molecule has 0 aliphatic heterocycles. The highest BCUT2D eigenvalue weighted by Gasteiger charge is 2.18. The first-order valence-corrected chi connectivity index (χ1v) is 9.45. The van der Waals surface area contributed by atoms with Crippen molar-refractivity contribution in [3.63, 3.8) is 0 Å². The fraction of sp³-hybridized carbons (Fsp3) is 0.105. The van der Waals surface area contributed by atoms with Crippen molar-refractivity contribution in [2.24, 2.45) is 0 Å². The van der Waals surface area contributed by atoms with Gasteiger partial charge in [0.1, 0.15) is 5.03 Å². The van der Waals surface area contributed by atoms with Crippen molar-refractivity contribution in [2.75, 3.05) is 0 Å². The highest BCUT2D eigenvalue weighted by molar-refractivity contribution is 9.10. The van der Waals surface area contributed by atoms with E-state index >= 15 is 0 Å². The smallest absolute Gasteiger partial charge is 0.101 e. The second-order valence-electron chi connectivity index (χ2n) is 5.06. The van der Waals surface area contributed by atoms with Crippen LogP contribution in [0.5, 0.6) is 0 Å². The van der Waals surface area contributed by atoms with Gasteiger partial charge in [-0.05, 0) is 34.9 Å². The third-order valence-corrected chi connectivity index (χ3v) is 5.69. The first-order chi connectivity index (χ1) is 11.3. The zero-order chi connectivity index (χ0) is 16.1. The minimum absolute atomic E-state index is 0.182. The van der Waals surface area contributed by atoms with Crippen LogP contribution >= 0.6 is 39.3 Å². The number of rotatable bonds is 5. The Morgan fingerprint density at radius 1 is 0.913 bits per heavy atom. The molecular weight excluding hydrogens is 390 g/mol. The maximum Gasteiger partial charge on any atom is 0.101 e. The summed E-state index contributed by atoms with van der Waals surface area (Å²) in [5, 5.41) is 1.17. The summed E-state index contributed by atoms with van der Waals surface area (Å²) in [6, 6.07) is 22.9. The molecule has 0 aliphatic carbocycles. The number of pyridine rings is 1. The highest BCUT2D eigenvalue weighted by Crippen LogP contribution is 2.41. The molecule has 1 atom stereocenters. The molecule has 1 unspecified atom stereocenters. The van der Waals surface area contributed by atoms with E-state index in [1.54, 1.807) is 11.8 Å². The average Bonchev–Trinajstić information content (AvgIpc) is 2.61. The van der Waals surface area contributed by atoms with Crippen LogP contribution in [0, 0.1) is 0 Å². The summed E-state index contributed by atoms with van der Waals surface area (Å²) in [6.45, 7) is 0. The monoisotopic (exact) mass is 403 g/mol. The van der Waals surface area contributed by atoms with Gasteiger partial charge in [-0.3, -0.25) is 0 Å². The molecule has 1 heterocycles. The van der Waals surface area contributed by atoms with E-state index in [1.807, 2.05) is 24.4 Å². The predicted molar refractivity (Wildman–Crippen MR) is 102 cm³/mol. The summed E-state index contributed by atoms with van der Waals surface area (Å²) in [7, 11) is 0. The van der Waals surface area contributed by atoms with Gasteiger partial charge in [0.2, 0.25) is 0 Å². The van der Waals surface area contributed by atoms with Crippen LogP contribution in [0.15, 0.2) is 82.4 Å². The SMILES string of the molecule is ClCc1cccnc1SC(c1ccccc1)c1ccc(Br)cc1. The van der Waals surface area contributed by atoms with Crippen molar-refractivity contribution in [1.82, 2.24) is 4.98 Å². The molecule has 23 heavy (non-hydrogen) atoms. The van der Waals surface area contributed by atoms with E-state index in [2.05, 4.69) is 69.4 Å². The van der Waals surface area contributed by atoms with Gasteiger partial charge in [0.15, 0.2) is 0 Å². The van der Waals surface area contributed by atoms with E-state index < -0.39 is 0 Å². The van der Waals surface area contributed by atoms with Crippen molar-refractivity contribution in [1.29, 1.82) is 0 Å². The first-order valence-electron chi connectivity index (χ1n) is 7.25. The third-order valence-electron chi connectivity index (χ3n) is 3.50. The van der Waals surface area contributed by atoms with E-state index in [-0.39, 0.29) is 5.25 Å². The Bertz CT molecular complexity index is 762. The average molecular weight is 405 g/mol. The molecule has 0 radical (unpaired) electrons. The van der Waals surface area contributed by atoms with Gasteiger partial charge in [-0.2, -0.15) is 0 Å². The van der Waals surface area contributed by atoms with Crippen LogP contribution in [-0.2, 0) is 5.88 Å². The zero-order valence-corrected chi connectivity index (χ0v) is 15.5. The number of nitrogens with zero attached hydrogens (tertiary/aromatic N) is 1. The number of benzene rings is 2. The molecule has 2 aromatic carbocycles. The van der Waals surface area contributed by atoms with Crippen molar-refractivity contribution < 1.29 is 0 Å². The Kier molecular flexibility index (Phi) is 5.76. The van der Waals surface area contributed by atoms with Gasteiger partial charge >= 0.3 is 0 Å². The van der Waals surface area contributed by atoms with Crippen molar-refractivity contribution in [3.05, 3.63) is 94.1 Å². The molecule has 3 rings (SSSR count). The van der Waals surface area contributed by atoms with Gasteiger partial charge in [-0.25, -0.2) is 4.98 Å². The third kappa shape index (κ3) is 4.17. The lowest BCUT2D eigenvalue weighted by molar-refractivity contribution is 1.05. The second kappa shape index (κ2) is 8.00. The Morgan fingerprint density at radius 3 is 2.30 bits per heavy atom. The molecule has 1 nitrogen and oxygen atoms in total. The lowest BCUT2D eigenvalue weighted by atomic mass is 10.0. The number of hydrogen-bond donors (Lipinski definition) is 0. The molecule has 0 saturated carbocycles. The lowest BCUT2D eigenvalue weighted by Crippen LogP contribution is -1.99. The van der Waals surface area contributed by atoms with Gasteiger partial charge in [-0.1, -0.05) is 76.2 Å². The topological polar surface area (TPSA) is 12.9 Å². The summed E-state index contributed by atoms with van der Waals surface area (Å²) in [5.41, 5.74) is 3.57. The molecule has 0 aliphatic rings. The second-order valence-corrected chi connectivity index (χ2v) is 7.34. The number of halogens is 2. The van der Waals surface area contributed by atoms with Crippen LogP contribution in [0.4, 0.5) is 0 Å². The first kappa shape index (κ1) is 16.6. The summed E-state index contributed by atoms with van der Waals surface area (Å²) in [5.74, 6) is 0.470. The molecule has 3 aromatic rings. The van der Waals surface area contributed by atoms with Crippen LogP contribution in [0.3, 0.4) is 0 Å². The van der Waals surface area contributed by atoms with Crippen molar-refractivity contribution >= 4 is 39.3 Å². The molecule has 0 N–H and O–H groups in total. The molecule has 0 amide bonds. The van der Waals surface area contributed by atoms with Gasteiger partial charge in [0, 0.05) is 10.7 Å². The molecule has 116 valence electrons. The van der Waals surface area contributed by atoms with Gasteiger partial charge in [-0.15, -0.1) is 11.6 Å². The fourth-order valence-electron chi connectivity index (χ4n) is 2.34. The van der Waals surface area contributed by atoms with Crippen LogP contribution in [-0.4, -0.2) is 4.98 Å². The molecule has 0 spiro atoms. The largest absolute Gasteiger partial charge is 0.250 e. The van der Waals surface area contributed by atoms with Gasteiger partial charge in [0.05, 0.1) is 11.1 Å². The molecule has 4 heteroatoms. The molecular formula is C19H15BrClNS. The predicted octanol–water partition coefficient (Wildman–Crippen LogP) is 6.46. The Labute approximate surface area is 154 Å². The lowest BCUT2D eigenvalue weighted by Gasteiger charge is -2.18. The van der Waals surface area contributed by atoms with Crippen LogP contribution in [0.25, 0.3) is 0 Å². The standard InChI is InChI=1S/C19H15BrClNS/c20-17-10-8-15(9-11-17)18(14-5-2-1-3-6-14)23-19-16(13-21)7-4-12-22-19/h1-12,18H,13H2. The van der Waals surface area contributed by atoms with E-state index in [4.69, 9.17) is 11.6 Å². The number of alkyl halides is 1. The summed E-state index contributed by atoms with van der Waals surface area (Å²) >= 11 is 11.3. The Morgan fingerprint density at radius 2 is 1.61 bits per heavy atom. The normalized spacial score (nSPS) is 12.1. The number of hydrogen-bond acceptors (Lipinski definition) is 2. The number of thioether (sulfide) groups is 1. The van der Waals surface area contributed by atoms with E-state index in [1.165, 1.54) is 11.1 Å². The Balaban J connectivity index is 2.00. The van der Waals surface area contributed by atoms with E-state index in [0.29, 0.717) is 5.88 Å². The van der Waals surface area contributed by atoms with Crippen molar-refractivity contribution in [3.8, 4) is 0 Å². The number of aromatic nitrogens is 1. The van der Waals surface area contributed by atoms with Gasteiger partial charge in [0.25, 0.3) is 0 Å². The van der Waals surface area contributed by atoms with E-state index in [9.17, 15) is 0 Å². The molecule has 0 saturated heterocycles. The summed E-state index contributed by atoms with van der Waals surface area (Å²) in [4.78, 5) is 4.53. The molecule has 0 bridgehead atoms. The summed E-state index contributed by atoms with van der Waals surface area (Å²) in [6.07, 6.45) is 1.82. The quantitative estimate of drug-likeness (QED) is 0.357. The maximum absolute atomic E-state index is 6.07. The minimum Gasteiger partial charge on any atom is -0.250 e. The van der Waals surface area contributed by atoms with Crippen LogP contribution < -0.4 is 0 Å². The minimum atomic E-state index is 0.182. The zero-order valence-electron chi connectivity index (χ0n) is 12.3. The van der Waals surface area contributed by atoms with Crippen molar-refractivity contribution in [2.45, 2.75) is 16.2 Å². The Hall–Kier alpha value is -1.29. The maximum atomic E-state index is 6.07. The summed E-state index contributed by atoms with van der Waals surface area (Å²) < 4.78 is 1.08. The fourth-order valence-corrected chi connectivity index (χ4v) is 4.12. The van der Waals surface area contributed by atoms with E-state index in [0.717, 1.165) is 15.1 Å².